The van der Waals surface area contributed by atoms with Crippen LogP contribution in [-0.4, -0.2) is 13.7 Å². The van der Waals surface area contributed by atoms with Crippen LogP contribution >= 0.6 is 0 Å². The summed E-state index contributed by atoms with van der Waals surface area (Å²) in [6, 6.07) is 9.05. The Labute approximate surface area is 109 Å². The van der Waals surface area contributed by atoms with E-state index < -0.39 is 0 Å². The molecular formula is C15H20N2O. The lowest BCUT2D eigenvalue weighted by Crippen LogP contribution is -2.12. The molecule has 0 bridgehead atoms. The van der Waals surface area contributed by atoms with E-state index in [1.165, 1.54) is 17.5 Å². The number of aryl methyl sites for hydroxylation is 1. The Bertz CT molecular complexity index is 437. The fourth-order valence-electron chi connectivity index (χ4n) is 2.48. The van der Waals surface area contributed by atoms with E-state index in [0.29, 0.717) is 19.1 Å². The zero-order valence-corrected chi connectivity index (χ0v) is 10.9. The van der Waals surface area contributed by atoms with Gasteiger partial charge in [0.1, 0.15) is 5.75 Å². The Morgan fingerprint density at radius 3 is 3.11 bits per heavy atom. The van der Waals surface area contributed by atoms with Gasteiger partial charge in [-0.15, -0.1) is 0 Å². The number of benzene rings is 1. The molecule has 0 radical (unpaired) electrons. The molecule has 0 fully saturated rings. The van der Waals surface area contributed by atoms with Gasteiger partial charge in [0, 0.05) is 12.5 Å². The second-order valence-corrected chi connectivity index (χ2v) is 4.70. The van der Waals surface area contributed by atoms with E-state index in [1.54, 1.807) is 0 Å². The molecule has 1 aliphatic carbocycles. The molecule has 1 unspecified atom stereocenters. The van der Waals surface area contributed by atoms with Crippen LogP contribution in [0.5, 0.6) is 5.75 Å². The van der Waals surface area contributed by atoms with Crippen molar-refractivity contribution in [1.82, 2.24) is 5.32 Å². The first kappa shape index (κ1) is 12.9. The van der Waals surface area contributed by atoms with Gasteiger partial charge in [0.05, 0.1) is 12.7 Å². The SMILES string of the molecule is CNC1CCc2cc(OCCCCC#N)ccc21. The third kappa shape index (κ3) is 3.02. The van der Waals surface area contributed by atoms with Crippen LogP contribution in [0, 0.1) is 11.3 Å². The number of hydrogen-bond acceptors (Lipinski definition) is 3. The molecule has 1 aliphatic rings. The number of hydrogen-bond donors (Lipinski definition) is 1. The number of ether oxygens (including phenoxy) is 1. The van der Waals surface area contributed by atoms with Crippen molar-refractivity contribution in [3.8, 4) is 11.8 Å². The van der Waals surface area contributed by atoms with E-state index in [2.05, 4.69) is 29.6 Å². The van der Waals surface area contributed by atoms with Gasteiger partial charge in [-0.25, -0.2) is 0 Å². The van der Waals surface area contributed by atoms with Crippen LogP contribution in [0.3, 0.4) is 0 Å². The quantitative estimate of drug-likeness (QED) is 0.782. The van der Waals surface area contributed by atoms with Crippen molar-refractivity contribution in [2.24, 2.45) is 0 Å². The van der Waals surface area contributed by atoms with Crippen LogP contribution in [0.25, 0.3) is 0 Å². The van der Waals surface area contributed by atoms with Crippen molar-refractivity contribution in [1.29, 1.82) is 5.26 Å². The summed E-state index contributed by atoms with van der Waals surface area (Å²) in [5, 5.41) is 11.8. The lowest BCUT2D eigenvalue weighted by Gasteiger charge is -2.11. The summed E-state index contributed by atoms with van der Waals surface area (Å²) < 4.78 is 5.72. The minimum absolute atomic E-state index is 0.504. The number of unbranched alkanes of at least 4 members (excludes halogenated alkanes) is 2. The summed E-state index contributed by atoms with van der Waals surface area (Å²) in [6.45, 7) is 0.704. The van der Waals surface area contributed by atoms with Gasteiger partial charge in [0.2, 0.25) is 0 Å². The van der Waals surface area contributed by atoms with Gasteiger partial charge in [0.25, 0.3) is 0 Å². The molecule has 0 aliphatic heterocycles. The molecule has 0 saturated carbocycles. The minimum Gasteiger partial charge on any atom is -0.494 e. The smallest absolute Gasteiger partial charge is 0.119 e. The average Bonchev–Trinajstić information content (AvgIpc) is 2.80. The predicted molar refractivity (Wildman–Crippen MR) is 71.5 cm³/mol. The maximum absolute atomic E-state index is 8.44. The lowest BCUT2D eigenvalue weighted by molar-refractivity contribution is 0.307. The van der Waals surface area contributed by atoms with Crippen molar-refractivity contribution in [3.63, 3.8) is 0 Å². The van der Waals surface area contributed by atoms with Crippen molar-refractivity contribution >= 4 is 0 Å². The average molecular weight is 244 g/mol. The molecule has 96 valence electrons. The standard InChI is InChI=1S/C15H20N2O/c1-17-15-8-5-12-11-13(6-7-14(12)15)18-10-4-2-3-9-16/h6-7,11,15,17H,2-5,8,10H2,1H3. The Hall–Kier alpha value is -1.53. The summed E-state index contributed by atoms with van der Waals surface area (Å²) in [4.78, 5) is 0. The molecule has 0 amide bonds. The lowest BCUT2D eigenvalue weighted by atomic mass is 10.1. The van der Waals surface area contributed by atoms with Crippen molar-refractivity contribution in [3.05, 3.63) is 29.3 Å². The zero-order valence-electron chi connectivity index (χ0n) is 10.9. The van der Waals surface area contributed by atoms with E-state index in [0.717, 1.165) is 25.0 Å². The van der Waals surface area contributed by atoms with Crippen molar-refractivity contribution in [2.45, 2.75) is 38.1 Å². The van der Waals surface area contributed by atoms with Gasteiger partial charge in [-0.3, -0.25) is 0 Å². The fraction of sp³-hybridized carbons (Fsp3) is 0.533. The van der Waals surface area contributed by atoms with Gasteiger partial charge in [-0.05, 0) is 56.0 Å². The molecule has 1 N–H and O–H groups in total. The van der Waals surface area contributed by atoms with E-state index in [4.69, 9.17) is 10.00 Å². The van der Waals surface area contributed by atoms with Crippen molar-refractivity contribution < 1.29 is 4.74 Å². The topological polar surface area (TPSA) is 45.0 Å². The highest BCUT2D eigenvalue weighted by Gasteiger charge is 2.20. The highest BCUT2D eigenvalue weighted by atomic mass is 16.5. The number of fused-ring (bicyclic) bond motifs is 1. The van der Waals surface area contributed by atoms with Crippen LogP contribution in [0.1, 0.15) is 42.9 Å². The molecule has 3 heteroatoms. The van der Waals surface area contributed by atoms with Gasteiger partial charge in [-0.1, -0.05) is 6.07 Å². The van der Waals surface area contributed by atoms with Crippen molar-refractivity contribution in [2.75, 3.05) is 13.7 Å². The number of nitrogens with one attached hydrogen (secondary N) is 1. The summed E-state index contributed by atoms with van der Waals surface area (Å²) in [6.07, 6.45) is 4.80. The molecule has 0 saturated heterocycles. The Morgan fingerprint density at radius 2 is 2.33 bits per heavy atom. The second kappa shape index (κ2) is 6.42. The third-order valence-corrected chi connectivity index (χ3v) is 3.49. The Kier molecular flexibility index (Phi) is 4.60. The maximum Gasteiger partial charge on any atom is 0.119 e. The van der Waals surface area contributed by atoms with E-state index in [1.807, 2.05) is 7.05 Å². The monoisotopic (exact) mass is 244 g/mol. The van der Waals surface area contributed by atoms with Gasteiger partial charge >= 0.3 is 0 Å². The van der Waals surface area contributed by atoms with Crippen LogP contribution in [0.2, 0.25) is 0 Å². The summed E-state index contributed by atoms with van der Waals surface area (Å²) in [7, 11) is 2.01. The molecule has 18 heavy (non-hydrogen) atoms. The summed E-state index contributed by atoms with van der Waals surface area (Å²) >= 11 is 0. The first-order chi connectivity index (χ1) is 8.85. The Morgan fingerprint density at radius 1 is 1.44 bits per heavy atom. The first-order valence-corrected chi connectivity index (χ1v) is 6.65. The van der Waals surface area contributed by atoms with Gasteiger partial charge < -0.3 is 10.1 Å². The highest BCUT2D eigenvalue weighted by Crippen LogP contribution is 2.33. The maximum atomic E-state index is 8.44. The summed E-state index contributed by atoms with van der Waals surface area (Å²) in [5.74, 6) is 0.961. The molecule has 1 atom stereocenters. The van der Waals surface area contributed by atoms with Crippen LogP contribution in [0.15, 0.2) is 18.2 Å². The van der Waals surface area contributed by atoms with Gasteiger partial charge in [-0.2, -0.15) is 5.26 Å². The molecular weight excluding hydrogens is 224 g/mol. The molecule has 1 aromatic rings. The molecule has 2 rings (SSSR count). The van der Waals surface area contributed by atoms with Gasteiger partial charge in [0.15, 0.2) is 0 Å². The normalized spacial score (nSPS) is 17.2. The molecule has 0 aromatic heterocycles. The summed E-state index contributed by atoms with van der Waals surface area (Å²) in [5.41, 5.74) is 2.82. The van der Waals surface area contributed by atoms with E-state index >= 15 is 0 Å². The third-order valence-electron chi connectivity index (χ3n) is 3.49. The molecule has 1 aromatic carbocycles. The Balaban J connectivity index is 1.87. The fourth-order valence-corrected chi connectivity index (χ4v) is 2.48. The first-order valence-electron chi connectivity index (χ1n) is 6.65. The number of nitriles is 1. The highest BCUT2D eigenvalue weighted by molar-refractivity contribution is 5.40. The molecule has 0 heterocycles. The zero-order chi connectivity index (χ0) is 12.8. The van der Waals surface area contributed by atoms with E-state index in [-0.39, 0.29) is 0 Å². The number of nitrogens with zero attached hydrogens (tertiary/aromatic N) is 1. The van der Waals surface area contributed by atoms with Crippen LogP contribution in [-0.2, 0) is 6.42 Å². The largest absolute Gasteiger partial charge is 0.494 e. The van der Waals surface area contributed by atoms with E-state index in [9.17, 15) is 0 Å². The van der Waals surface area contributed by atoms with Crippen LogP contribution in [0.4, 0.5) is 0 Å². The van der Waals surface area contributed by atoms with Crippen LogP contribution < -0.4 is 10.1 Å². The second-order valence-electron chi connectivity index (χ2n) is 4.70. The predicted octanol–water partition coefficient (Wildman–Crippen LogP) is 2.97. The number of rotatable bonds is 6. The molecule has 0 spiro atoms. The minimum atomic E-state index is 0.504. The molecule has 3 nitrogen and oxygen atoms in total.